The van der Waals surface area contributed by atoms with Crippen molar-refractivity contribution in [2.45, 2.75) is 32.7 Å². The molecule has 0 bridgehead atoms. The second-order valence-electron chi connectivity index (χ2n) is 10.5. The first-order valence-electron chi connectivity index (χ1n) is 13.7. The Morgan fingerprint density at radius 3 is 2.56 bits per heavy atom. The maximum Gasteiger partial charge on any atom is 0.271 e. The molecule has 1 atom stereocenters. The summed E-state index contributed by atoms with van der Waals surface area (Å²) in [5, 5.41) is 0. The van der Waals surface area contributed by atoms with E-state index in [1.54, 1.807) is 19.2 Å². The first-order chi connectivity index (χ1) is 19.9. The van der Waals surface area contributed by atoms with Crippen molar-refractivity contribution in [3.05, 3.63) is 144 Å². The number of thiazole rings is 1. The Balaban J connectivity index is 1.45. The molecule has 5 nitrogen and oxygen atoms in total. The largest absolute Gasteiger partial charge is 0.496 e. The zero-order valence-corrected chi connectivity index (χ0v) is 23.8. The minimum Gasteiger partial charge on any atom is -0.496 e. The summed E-state index contributed by atoms with van der Waals surface area (Å²) in [5.74, 6) is 0.481. The summed E-state index contributed by atoms with van der Waals surface area (Å²) >= 11 is 1.42. The van der Waals surface area contributed by atoms with Gasteiger partial charge in [0.25, 0.3) is 5.56 Å². The molecular weight excluding hydrogens is 533 g/mol. The van der Waals surface area contributed by atoms with Crippen molar-refractivity contribution >= 4 is 23.1 Å². The molecule has 2 aliphatic rings. The number of rotatable bonds is 4. The van der Waals surface area contributed by atoms with Gasteiger partial charge >= 0.3 is 0 Å². The highest BCUT2D eigenvalue weighted by Gasteiger charge is 2.34. The van der Waals surface area contributed by atoms with Crippen LogP contribution in [-0.4, -0.2) is 16.2 Å². The van der Waals surface area contributed by atoms with Crippen molar-refractivity contribution < 1.29 is 9.13 Å². The SMILES string of the molecule is COc1ccccc1[C@H]1C2=C(N=c3s/c(=C/c4cc(C)n(-c5ccc(F)cc5)c4C)c(=O)n31)c1ccccc1CC2. The fourth-order valence-corrected chi connectivity index (χ4v) is 7.25. The van der Waals surface area contributed by atoms with Crippen LogP contribution in [0.1, 0.15) is 46.1 Å². The minimum absolute atomic E-state index is 0.0679. The van der Waals surface area contributed by atoms with Gasteiger partial charge in [0, 0.05) is 28.2 Å². The van der Waals surface area contributed by atoms with Crippen molar-refractivity contribution in [3.63, 3.8) is 0 Å². The predicted molar refractivity (Wildman–Crippen MR) is 161 cm³/mol. The standard InChI is InChI=1S/C34H28FN3O2S/c1-20-18-23(21(2)37(20)25-15-13-24(35)14-16-25)19-30-33(39)38-32(27-10-6-7-11-29(27)40-3)28-17-12-22-8-4-5-9-26(22)31(28)36-34(38)41-30/h4-11,13-16,18-19,32H,12,17H2,1-3H3/b30-19+/t32-/m0/s1. The average Bonchev–Trinajstić information content (AvgIpc) is 3.45. The van der Waals surface area contributed by atoms with Crippen LogP contribution in [0.25, 0.3) is 17.5 Å². The zero-order valence-electron chi connectivity index (χ0n) is 23.0. The molecule has 0 fully saturated rings. The predicted octanol–water partition coefficient (Wildman–Crippen LogP) is 5.87. The number of hydrogen-bond donors (Lipinski definition) is 0. The number of nitrogens with zero attached hydrogens (tertiary/aromatic N) is 3. The van der Waals surface area contributed by atoms with Crippen LogP contribution in [0.3, 0.4) is 0 Å². The first-order valence-corrected chi connectivity index (χ1v) is 14.5. The number of aromatic nitrogens is 2. The van der Waals surface area contributed by atoms with Crippen LogP contribution < -0.4 is 19.6 Å². The van der Waals surface area contributed by atoms with E-state index in [2.05, 4.69) is 34.9 Å². The molecule has 7 heteroatoms. The summed E-state index contributed by atoms with van der Waals surface area (Å²) in [7, 11) is 1.67. The molecule has 0 N–H and O–H groups in total. The molecule has 0 saturated carbocycles. The molecule has 0 unspecified atom stereocenters. The lowest BCUT2D eigenvalue weighted by Crippen LogP contribution is -2.39. The number of ether oxygens (including phenoxy) is 1. The molecular formula is C34H28FN3O2S. The molecule has 204 valence electrons. The number of allylic oxidation sites excluding steroid dienone is 1. The Bertz CT molecular complexity index is 2050. The van der Waals surface area contributed by atoms with E-state index >= 15 is 0 Å². The van der Waals surface area contributed by atoms with Crippen LogP contribution >= 0.6 is 11.3 Å². The third-order valence-electron chi connectivity index (χ3n) is 8.15. The summed E-state index contributed by atoms with van der Waals surface area (Å²) in [6, 6.07) is 24.6. The van der Waals surface area contributed by atoms with E-state index < -0.39 is 0 Å². The topological polar surface area (TPSA) is 48.5 Å². The first kappa shape index (κ1) is 25.5. The maximum absolute atomic E-state index is 14.2. The van der Waals surface area contributed by atoms with Gasteiger partial charge in [-0.3, -0.25) is 9.36 Å². The van der Waals surface area contributed by atoms with Gasteiger partial charge < -0.3 is 9.30 Å². The third-order valence-corrected chi connectivity index (χ3v) is 9.13. The van der Waals surface area contributed by atoms with Crippen LogP contribution in [0.2, 0.25) is 0 Å². The summed E-state index contributed by atoms with van der Waals surface area (Å²) in [6.45, 7) is 4.04. The highest BCUT2D eigenvalue weighted by molar-refractivity contribution is 7.07. The van der Waals surface area contributed by atoms with Gasteiger partial charge in [-0.25, -0.2) is 9.38 Å². The molecule has 0 saturated heterocycles. The second-order valence-corrected chi connectivity index (χ2v) is 11.5. The van der Waals surface area contributed by atoms with Gasteiger partial charge in [-0.2, -0.15) is 0 Å². The van der Waals surface area contributed by atoms with E-state index in [0.29, 0.717) is 9.33 Å². The number of benzene rings is 3. The van der Waals surface area contributed by atoms with Gasteiger partial charge in [-0.15, -0.1) is 0 Å². The van der Waals surface area contributed by atoms with Gasteiger partial charge in [0.1, 0.15) is 11.6 Å². The van der Waals surface area contributed by atoms with Crippen molar-refractivity contribution in [2.24, 2.45) is 4.99 Å². The van der Waals surface area contributed by atoms with Gasteiger partial charge in [-0.05, 0) is 85.9 Å². The quantitative estimate of drug-likeness (QED) is 0.276. The van der Waals surface area contributed by atoms with Crippen molar-refractivity contribution in [2.75, 3.05) is 7.11 Å². The maximum atomic E-state index is 14.2. The molecule has 7 rings (SSSR count). The molecule has 3 aromatic carbocycles. The molecule has 0 amide bonds. The normalized spacial score (nSPS) is 16.2. The lowest BCUT2D eigenvalue weighted by Gasteiger charge is -2.31. The van der Waals surface area contributed by atoms with E-state index in [-0.39, 0.29) is 17.4 Å². The Morgan fingerprint density at radius 2 is 1.76 bits per heavy atom. The molecule has 5 aromatic rings. The number of hydrogen-bond acceptors (Lipinski definition) is 4. The second kappa shape index (κ2) is 9.85. The number of aryl methyl sites for hydroxylation is 2. The van der Waals surface area contributed by atoms with E-state index in [0.717, 1.165) is 63.6 Å². The van der Waals surface area contributed by atoms with Crippen LogP contribution in [0.4, 0.5) is 4.39 Å². The highest BCUT2D eigenvalue weighted by atomic mass is 32.1. The Hall–Kier alpha value is -4.49. The number of para-hydroxylation sites is 1. The molecule has 3 heterocycles. The summed E-state index contributed by atoms with van der Waals surface area (Å²) in [6.07, 6.45) is 3.68. The Kier molecular flexibility index (Phi) is 6.12. The highest BCUT2D eigenvalue weighted by Crippen LogP contribution is 2.43. The van der Waals surface area contributed by atoms with Crippen molar-refractivity contribution in [1.82, 2.24) is 9.13 Å². The summed E-state index contributed by atoms with van der Waals surface area (Å²) < 4.78 is 23.9. The molecule has 0 spiro atoms. The lowest BCUT2D eigenvalue weighted by molar-refractivity contribution is 0.402. The Labute approximate surface area is 240 Å². The third kappa shape index (κ3) is 4.11. The average molecular weight is 562 g/mol. The molecule has 2 aromatic heterocycles. The zero-order chi connectivity index (χ0) is 28.2. The molecule has 1 aliphatic heterocycles. The van der Waals surface area contributed by atoms with E-state index in [1.807, 2.05) is 48.8 Å². The molecule has 41 heavy (non-hydrogen) atoms. The van der Waals surface area contributed by atoms with Gasteiger partial charge in [-0.1, -0.05) is 53.8 Å². The smallest absolute Gasteiger partial charge is 0.271 e. The molecule has 1 aliphatic carbocycles. The van der Waals surface area contributed by atoms with Crippen LogP contribution in [-0.2, 0) is 6.42 Å². The monoisotopic (exact) mass is 561 g/mol. The van der Waals surface area contributed by atoms with Gasteiger partial charge in [0.2, 0.25) is 0 Å². The number of halogens is 1. The van der Waals surface area contributed by atoms with E-state index in [9.17, 15) is 9.18 Å². The van der Waals surface area contributed by atoms with E-state index in [1.165, 1.54) is 29.0 Å². The van der Waals surface area contributed by atoms with Crippen molar-refractivity contribution in [1.29, 1.82) is 0 Å². The Morgan fingerprint density at radius 1 is 1.00 bits per heavy atom. The fraction of sp³-hybridized carbons (Fsp3) is 0.176. The van der Waals surface area contributed by atoms with Crippen LogP contribution in [0, 0.1) is 19.7 Å². The van der Waals surface area contributed by atoms with E-state index in [4.69, 9.17) is 9.73 Å². The fourth-order valence-electron chi connectivity index (χ4n) is 6.25. The van der Waals surface area contributed by atoms with Gasteiger partial charge in [0.05, 0.1) is 23.4 Å². The summed E-state index contributed by atoms with van der Waals surface area (Å²) in [4.78, 5) is 20.0. The number of fused-ring (bicyclic) bond motifs is 3. The minimum atomic E-state index is -0.306. The van der Waals surface area contributed by atoms with Crippen molar-refractivity contribution in [3.8, 4) is 11.4 Å². The van der Waals surface area contributed by atoms with Gasteiger partial charge in [0.15, 0.2) is 4.80 Å². The summed E-state index contributed by atoms with van der Waals surface area (Å²) in [5.41, 5.74) is 9.22. The number of methoxy groups -OCH3 is 1. The van der Waals surface area contributed by atoms with Crippen LogP contribution in [0.5, 0.6) is 5.75 Å². The van der Waals surface area contributed by atoms with Crippen LogP contribution in [0.15, 0.2) is 94.2 Å². The molecule has 0 radical (unpaired) electrons. The lowest BCUT2D eigenvalue weighted by atomic mass is 9.83.